The number of rotatable bonds is 4. The molecular formula is C17H25N. The molecule has 0 amide bonds. The first kappa shape index (κ1) is 12.2. The topological polar surface area (TPSA) is 12.0 Å². The Morgan fingerprint density at radius 1 is 1.06 bits per heavy atom. The van der Waals surface area contributed by atoms with Crippen molar-refractivity contribution in [3.63, 3.8) is 0 Å². The van der Waals surface area contributed by atoms with E-state index in [4.69, 9.17) is 0 Å². The molecule has 1 heteroatoms. The quantitative estimate of drug-likeness (QED) is 0.839. The highest BCUT2D eigenvalue weighted by Crippen LogP contribution is 2.38. The predicted molar refractivity (Wildman–Crippen MR) is 76.8 cm³/mol. The minimum Gasteiger partial charge on any atom is -0.311 e. The van der Waals surface area contributed by atoms with Crippen LogP contribution >= 0.6 is 0 Å². The van der Waals surface area contributed by atoms with Crippen LogP contribution in [0.3, 0.4) is 0 Å². The molecule has 1 aromatic carbocycles. The molecule has 0 bridgehead atoms. The van der Waals surface area contributed by atoms with Crippen molar-refractivity contribution in [1.82, 2.24) is 5.32 Å². The van der Waals surface area contributed by atoms with Gasteiger partial charge in [0.1, 0.15) is 0 Å². The maximum atomic E-state index is 3.86. The SMILES string of the molecule is C[C@H](NC1CC(c2ccccc2)C1)C1CCCC1. The summed E-state index contributed by atoms with van der Waals surface area (Å²) in [5.41, 5.74) is 1.53. The maximum Gasteiger partial charge on any atom is 0.00813 e. The molecule has 18 heavy (non-hydrogen) atoms. The average Bonchev–Trinajstić information content (AvgIpc) is 2.88. The molecule has 0 spiro atoms. The normalized spacial score (nSPS) is 30.1. The molecule has 2 aliphatic rings. The van der Waals surface area contributed by atoms with E-state index in [9.17, 15) is 0 Å². The monoisotopic (exact) mass is 243 g/mol. The Kier molecular flexibility index (Phi) is 3.69. The zero-order chi connectivity index (χ0) is 12.4. The van der Waals surface area contributed by atoms with Crippen molar-refractivity contribution in [1.29, 1.82) is 0 Å². The van der Waals surface area contributed by atoms with Crippen molar-refractivity contribution in [3.05, 3.63) is 35.9 Å². The number of benzene rings is 1. The summed E-state index contributed by atoms with van der Waals surface area (Å²) in [6.07, 6.45) is 8.47. The van der Waals surface area contributed by atoms with Gasteiger partial charge >= 0.3 is 0 Å². The molecule has 3 rings (SSSR count). The van der Waals surface area contributed by atoms with Crippen LogP contribution in [0.5, 0.6) is 0 Å². The van der Waals surface area contributed by atoms with E-state index in [1.165, 1.54) is 44.1 Å². The summed E-state index contributed by atoms with van der Waals surface area (Å²) in [4.78, 5) is 0. The lowest BCUT2D eigenvalue weighted by molar-refractivity contribution is 0.239. The van der Waals surface area contributed by atoms with E-state index in [0.717, 1.165) is 23.9 Å². The van der Waals surface area contributed by atoms with Crippen LogP contribution in [0.15, 0.2) is 30.3 Å². The van der Waals surface area contributed by atoms with E-state index < -0.39 is 0 Å². The number of hydrogen-bond acceptors (Lipinski definition) is 1. The zero-order valence-electron chi connectivity index (χ0n) is 11.4. The molecule has 1 atom stereocenters. The lowest BCUT2D eigenvalue weighted by Gasteiger charge is -2.39. The van der Waals surface area contributed by atoms with Gasteiger partial charge in [0.2, 0.25) is 0 Å². The van der Waals surface area contributed by atoms with Crippen molar-refractivity contribution < 1.29 is 0 Å². The van der Waals surface area contributed by atoms with Gasteiger partial charge < -0.3 is 5.32 Å². The summed E-state index contributed by atoms with van der Waals surface area (Å²) in [7, 11) is 0. The molecule has 0 radical (unpaired) electrons. The van der Waals surface area contributed by atoms with Crippen LogP contribution in [0.4, 0.5) is 0 Å². The van der Waals surface area contributed by atoms with Gasteiger partial charge in [0.25, 0.3) is 0 Å². The summed E-state index contributed by atoms with van der Waals surface area (Å²) in [5, 5.41) is 3.86. The number of hydrogen-bond donors (Lipinski definition) is 1. The molecule has 1 N–H and O–H groups in total. The molecule has 2 aliphatic carbocycles. The summed E-state index contributed by atoms with van der Waals surface area (Å²) in [5.74, 6) is 1.75. The Morgan fingerprint density at radius 3 is 2.39 bits per heavy atom. The highest BCUT2D eigenvalue weighted by atomic mass is 15.0. The summed E-state index contributed by atoms with van der Waals surface area (Å²) < 4.78 is 0. The fourth-order valence-corrected chi connectivity index (χ4v) is 3.72. The largest absolute Gasteiger partial charge is 0.311 e. The smallest absolute Gasteiger partial charge is 0.00813 e. The minimum absolute atomic E-state index is 0.731. The fraction of sp³-hybridized carbons (Fsp3) is 0.647. The van der Waals surface area contributed by atoms with Gasteiger partial charge in [-0.05, 0) is 50.0 Å². The molecule has 0 aromatic heterocycles. The van der Waals surface area contributed by atoms with Crippen LogP contribution < -0.4 is 5.32 Å². The second-order valence-electron chi connectivity index (χ2n) is 6.28. The molecule has 2 fully saturated rings. The first-order chi connectivity index (χ1) is 8.83. The first-order valence-electron chi connectivity index (χ1n) is 7.64. The van der Waals surface area contributed by atoms with E-state index in [-0.39, 0.29) is 0 Å². The van der Waals surface area contributed by atoms with Gasteiger partial charge in [0.15, 0.2) is 0 Å². The summed E-state index contributed by atoms with van der Waals surface area (Å²) in [6, 6.07) is 12.5. The van der Waals surface area contributed by atoms with Crippen LogP contribution in [0, 0.1) is 5.92 Å². The third kappa shape index (κ3) is 2.61. The fourth-order valence-electron chi connectivity index (χ4n) is 3.72. The molecule has 0 aliphatic heterocycles. The average molecular weight is 243 g/mol. The Balaban J connectivity index is 1.45. The molecule has 1 nitrogen and oxygen atoms in total. The van der Waals surface area contributed by atoms with E-state index in [0.29, 0.717) is 0 Å². The maximum absolute atomic E-state index is 3.86. The molecular weight excluding hydrogens is 218 g/mol. The van der Waals surface area contributed by atoms with Crippen LogP contribution in [0.2, 0.25) is 0 Å². The lowest BCUT2D eigenvalue weighted by Crippen LogP contribution is -2.46. The van der Waals surface area contributed by atoms with Gasteiger partial charge in [-0.3, -0.25) is 0 Å². The molecule has 0 saturated heterocycles. The van der Waals surface area contributed by atoms with E-state index in [1.54, 1.807) is 0 Å². The molecule has 2 saturated carbocycles. The minimum atomic E-state index is 0.731. The highest BCUT2D eigenvalue weighted by molar-refractivity contribution is 5.22. The third-order valence-corrected chi connectivity index (χ3v) is 5.01. The zero-order valence-corrected chi connectivity index (χ0v) is 11.4. The van der Waals surface area contributed by atoms with Gasteiger partial charge in [-0.2, -0.15) is 0 Å². The van der Waals surface area contributed by atoms with Crippen molar-refractivity contribution in [2.45, 2.75) is 63.5 Å². The molecule has 0 unspecified atom stereocenters. The van der Waals surface area contributed by atoms with Crippen LogP contribution in [0.25, 0.3) is 0 Å². The van der Waals surface area contributed by atoms with Crippen molar-refractivity contribution in [3.8, 4) is 0 Å². The summed E-state index contributed by atoms with van der Waals surface area (Å²) >= 11 is 0. The van der Waals surface area contributed by atoms with Crippen LogP contribution in [-0.4, -0.2) is 12.1 Å². The Hall–Kier alpha value is -0.820. The Bertz CT molecular complexity index is 360. The molecule has 98 valence electrons. The van der Waals surface area contributed by atoms with E-state index in [1.807, 2.05) is 0 Å². The van der Waals surface area contributed by atoms with Crippen molar-refractivity contribution in [2.75, 3.05) is 0 Å². The van der Waals surface area contributed by atoms with Gasteiger partial charge in [-0.25, -0.2) is 0 Å². The van der Waals surface area contributed by atoms with Crippen molar-refractivity contribution >= 4 is 0 Å². The Labute approximate surface area is 111 Å². The second kappa shape index (κ2) is 5.44. The van der Waals surface area contributed by atoms with Crippen molar-refractivity contribution in [2.24, 2.45) is 5.92 Å². The lowest BCUT2D eigenvalue weighted by atomic mass is 9.75. The molecule has 1 aromatic rings. The van der Waals surface area contributed by atoms with Gasteiger partial charge in [-0.1, -0.05) is 43.2 Å². The number of nitrogens with one attached hydrogen (secondary N) is 1. The molecule has 0 heterocycles. The standard InChI is InChI=1S/C17H25N/c1-13(14-7-5-6-8-14)18-17-11-16(12-17)15-9-3-2-4-10-15/h2-4,9-10,13-14,16-18H,5-8,11-12H2,1H3/t13-,16?,17?/m0/s1. The van der Waals surface area contributed by atoms with Gasteiger partial charge in [-0.15, -0.1) is 0 Å². The van der Waals surface area contributed by atoms with E-state index >= 15 is 0 Å². The Morgan fingerprint density at radius 2 is 1.72 bits per heavy atom. The van der Waals surface area contributed by atoms with Crippen LogP contribution in [-0.2, 0) is 0 Å². The summed E-state index contributed by atoms with van der Waals surface area (Å²) in [6.45, 7) is 2.39. The van der Waals surface area contributed by atoms with Gasteiger partial charge in [0, 0.05) is 12.1 Å². The third-order valence-electron chi connectivity index (χ3n) is 5.01. The van der Waals surface area contributed by atoms with E-state index in [2.05, 4.69) is 42.6 Å². The second-order valence-corrected chi connectivity index (χ2v) is 6.28. The first-order valence-corrected chi connectivity index (χ1v) is 7.64. The highest BCUT2D eigenvalue weighted by Gasteiger charge is 2.32. The van der Waals surface area contributed by atoms with Gasteiger partial charge in [0.05, 0.1) is 0 Å². The van der Waals surface area contributed by atoms with Crippen LogP contribution in [0.1, 0.15) is 56.9 Å². The predicted octanol–water partition coefficient (Wildman–Crippen LogP) is 4.10.